The molecule has 2 saturated heterocycles. The van der Waals surface area contributed by atoms with Crippen LogP contribution in [0, 0.1) is 5.41 Å². The Labute approximate surface area is 248 Å². The molecule has 9 rings (SSSR count). The van der Waals surface area contributed by atoms with E-state index in [1.54, 1.807) is 0 Å². The number of unbranched alkanes of at least 4 members (excludes halogenated alkanes) is 1. The van der Waals surface area contributed by atoms with Crippen LogP contribution in [0.1, 0.15) is 12.8 Å². The number of H-pyrrole nitrogens is 2. The van der Waals surface area contributed by atoms with Crippen molar-refractivity contribution in [2.45, 2.75) is 12.8 Å². The van der Waals surface area contributed by atoms with Crippen molar-refractivity contribution in [2.75, 3.05) is 44.3 Å². The summed E-state index contributed by atoms with van der Waals surface area (Å²) in [4.78, 5) is 9.87. The standard InChI is InChI=1S/C34H31N7O2/c1(9-40-18-34(19-40)20-42-21-34)2-10-41-30-8-5-24(22-3-6-28-26(11-22)16-36-38-28)13-31(30)43-32-14-25(15-35-33(32)41)23-4-7-29-27(12-23)17-37-39-29/h3-8,11-17H,1-2,9-10,18-21H2,(H,36,38)(H,37,39). The number of rotatable bonds is 7. The molecule has 3 aromatic heterocycles. The molecule has 6 heterocycles. The molecule has 2 fully saturated rings. The highest BCUT2D eigenvalue weighted by Crippen LogP contribution is 2.48. The van der Waals surface area contributed by atoms with Gasteiger partial charge in [-0.25, -0.2) is 4.98 Å². The van der Waals surface area contributed by atoms with E-state index < -0.39 is 0 Å². The molecule has 0 radical (unpaired) electrons. The molecule has 1 spiro atoms. The summed E-state index contributed by atoms with van der Waals surface area (Å²) >= 11 is 0. The summed E-state index contributed by atoms with van der Waals surface area (Å²) in [5.41, 5.74) is 7.88. The maximum atomic E-state index is 6.63. The van der Waals surface area contributed by atoms with Crippen molar-refractivity contribution in [3.05, 3.63) is 79.3 Å². The van der Waals surface area contributed by atoms with Gasteiger partial charge in [0.25, 0.3) is 0 Å². The fourth-order valence-electron chi connectivity index (χ4n) is 6.81. The maximum absolute atomic E-state index is 6.63. The smallest absolute Gasteiger partial charge is 0.176 e. The number of pyridine rings is 1. The summed E-state index contributed by atoms with van der Waals surface area (Å²) in [6.07, 6.45) is 7.88. The van der Waals surface area contributed by atoms with Crippen LogP contribution in [-0.4, -0.2) is 69.7 Å². The number of fused-ring (bicyclic) bond motifs is 4. The van der Waals surface area contributed by atoms with E-state index in [1.165, 1.54) is 13.1 Å². The van der Waals surface area contributed by atoms with E-state index in [0.29, 0.717) is 5.41 Å². The average Bonchev–Trinajstić information content (AvgIpc) is 3.67. The van der Waals surface area contributed by atoms with Gasteiger partial charge in [-0.05, 0) is 78.5 Å². The van der Waals surface area contributed by atoms with E-state index in [4.69, 9.17) is 14.5 Å². The second kappa shape index (κ2) is 9.65. The molecule has 0 bridgehead atoms. The first-order valence-electron chi connectivity index (χ1n) is 15.0. The summed E-state index contributed by atoms with van der Waals surface area (Å²) in [6.45, 7) is 6.24. The maximum Gasteiger partial charge on any atom is 0.176 e. The van der Waals surface area contributed by atoms with E-state index >= 15 is 0 Å². The molecule has 0 saturated carbocycles. The Kier molecular flexibility index (Phi) is 5.57. The highest BCUT2D eigenvalue weighted by molar-refractivity contribution is 5.87. The molecule has 6 aromatic rings. The minimum atomic E-state index is 0.464. The summed E-state index contributed by atoms with van der Waals surface area (Å²) < 4.78 is 12.1. The summed E-state index contributed by atoms with van der Waals surface area (Å²) in [7, 11) is 0. The van der Waals surface area contributed by atoms with Gasteiger partial charge in [0, 0.05) is 47.6 Å². The van der Waals surface area contributed by atoms with Gasteiger partial charge in [0.1, 0.15) is 0 Å². The molecule has 9 nitrogen and oxygen atoms in total. The fourth-order valence-corrected chi connectivity index (χ4v) is 6.81. The third-order valence-corrected chi connectivity index (χ3v) is 9.15. The number of anilines is 2. The molecule has 3 aliphatic rings. The summed E-state index contributed by atoms with van der Waals surface area (Å²) in [5, 5.41) is 16.6. The molecule has 0 atom stereocenters. The number of likely N-dealkylation sites (tertiary alicyclic amines) is 1. The topological polar surface area (TPSA) is 95.2 Å². The van der Waals surface area contributed by atoms with Crippen molar-refractivity contribution in [2.24, 2.45) is 5.41 Å². The quantitative estimate of drug-likeness (QED) is 0.211. The lowest BCUT2D eigenvalue weighted by Crippen LogP contribution is -2.65. The number of nitrogens with zero attached hydrogens (tertiary/aromatic N) is 5. The number of hydrogen-bond acceptors (Lipinski definition) is 7. The average molecular weight is 570 g/mol. The Bertz CT molecular complexity index is 1860. The van der Waals surface area contributed by atoms with Crippen molar-refractivity contribution in [3.8, 4) is 33.8 Å². The highest BCUT2D eigenvalue weighted by Gasteiger charge is 2.48. The Morgan fingerprint density at radius 3 is 2.07 bits per heavy atom. The lowest BCUT2D eigenvalue weighted by molar-refractivity contribution is -0.188. The number of aromatic amines is 2. The highest BCUT2D eigenvalue weighted by atomic mass is 16.5. The number of aromatic nitrogens is 5. The number of hydrogen-bond donors (Lipinski definition) is 2. The molecule has 0 aliphatic carbocycles. The molecule has 3 aliphatic heterocycles. The largest absolute Gasteiger partial charge is 0.451 e. The monoisotopic (exact) mass is 569 g/mol. The van der Waals surface area contributed by atoms with Gasteiger partial charge in [-0.2, -0.15) is 10.2 Å². The van der Waals surface area contributed by atoms with E-state index in [2.05, 4.69) is 90.9 Å². The second-order valence-electron chi connectivity index (χ2n) is 12.2. The zero-order valence-electron chi connectivity index (χ0n) is 23.7. The van der Waals surface area contributed by atoms with Gasteiger partial charge in [-0.1, -0.05) is 18.2 Å². The lowest BCUT2D eigenvalue weighted by atomic mass is 9.78. The normalized spacial score (nSPS) is 17.0. The molecule has 2 N–H and O–H groups in total. The van der Waals surface area contributed by atoms with Crippen LogP contribution >= 0.6 is 0 Å². The van der Waals surface area contributed by atoms with Gasteiger partial charge < -0.3 is 19.3 Å². The molecule has 214 valence electrons. The fraction of sp³-hybridized carbons (Fsp3) is 0.265. The van der Waals surface area contributed by atoms with E-state index in [9.17, 15) is 0 Å². The molecular weight excluding hydrogens is 538 g/mol. The molecule has 0 unspecified atom stereocenters. The van der Waals surface area contributed by atoms with Crippen molar-refractivity contribution < 1.29 is 9.47 Å². The third-order valence-electron chi connectivity index (χ3n) is 9.15. The first-order valence-corrected chi connectivity index (χ1v) is 15.0. The number of ether oxygens (including phenoxy) is 2. The Morgan fingerprint density at radius 1 is 0.698 bits per heavy atom. The van der Waals surface area contributed by atoms with Gasteiger partial charge in [-0.3, -0.25) is 10.2 Å². The summed E-state index contributed by atoms with van der Waals surface area (Å²) in [6, 6.07) is 21.3. The van der Waals surface area contributed by atoms with Crippen LogP contribution in [0.15, 0.2) is 79.3 Å². The van der Waals surface area contributed by atoms with Crippen molar-refractivity contribution >= 4 is 33.3 Å². The summed E-state index contributed by atoms with van der Waals surface area (Å²) in [5.74, 6) is 2.48. The van der Waals surface area contributed by atoms with Crippen LogP contribution in [0.3, 0.4) is 0 Å². The zero-order valence-corrected chi connectivity index (χ0v) is 23.7. The van der Waals surface area contributed by atoms with Gasteiger partial charge in [0.05, 0.1) is 42.3 Å². The molecule has 9 heteroatoms. The number of nitrogens with one attached hydrogen (secondary N) is 2. The number of benzene rings is 3. The van der Waals surface area contributed by atoms with Crippen LogP contribution < -0.4 is 9.64 Å². The SMILES string of the molecule is c1cc2c(cc1-c1ccc3[nH]ncc3c1)Oc1cc(-c3ccc4[nH]ncc4c3)cnc1N2CCCCN1CC2(COC2)C1. The van der Waals surface area contributed by atoms with E-state index in [-0.39, 0.29) is 0 Å². The minimum absolute atomic E-state index is 0.464. The Morgan fingerprint density at radius 2 is 1.35 bits per heavy atom. The predicted molar refractivity (Wildman–Crippen MR) is 167 cm³/mol. The van der Waals surface area contributed by atoms with Gasteiger partial charge in [-0.15, -0.1) is 0 Å². The molecule has 0 amide bonds. The minimum Gasteiger partial charge on any atom is -0.451 e. The molecule has 43 heavy (non-hydrogen) atoms. The van der Waals surface area contributed by atoms with Gasteiger partial charge in [0.15, 0.2) is 17.3 Å². The van der Waals surface area contributed by atoms with Gasteiger partial charge in [0.2, 0.25) is 0 Å². The van der Waals surface area contributed by atoms with Crippen molar-refractivity contribution in [1.82, 2.24) is 30.3 Å². The zero-order chi connectivity index (χ0) is 28.4. The third kappa shape index (κ3) is 4.26. The van der Waals surface area contributed by atoms with Crippen molar-refractivity contribution in [1.29, 1.82) is 0 Å². The van der Waals surface area contributed by atoms with E-state index in [1.807, 2.05) is 18.6 Å². The van der Waals surface area contributed by atoms with Crippen LogP contribution in [0.25, 0.3) is 44.1 Å². The Balaban J connectivity index is 1.02. The van der Waals surface area contributed by atoms with Crippen LogP contribution in [0.5, 0.6) is 11.5 Å². The lowest BCUT2D eigenvalue weighted by Gasteiger charge is -2.55. The molecular formula is C34H31N7O2. The van der Waals surface area contributed by atoms with Crippen molar-refractivity contribution in [3.63, 3.8) is 0 Å². The van der Waals surface area contributed by atoms with Crippen LogP contribution in [0.4, 0.5) is 11.5 Å². The predicted octanol–water partition coefficient (Wildman–Crippen LogP) is 6.52. The first kappa shape index (κ1) is 24.8. The second-order valence-corrected chi connectivity index (χ2v) is 12.2. The van der Waals surface area contributed by atoms with Crippen LogP contribution in [-0.2, 0) is 4.74 Å². The van der Waals surface area contributed by atoms with E-state index in [0.717, 1.165) is 106 Å². The Hall–Kier alpha value is -4.73. The van der Waals surface area contributed by atoms with Crippen LogP contribution in [0.2, 0.25) is 0 Å². The first-order chi connectivity index (χ1) is 21.2. The van der Waals surface area contributed by atoms with Gasteiger partial charge >= 0.3 is 0 Å². The molecule has 3 aromatic carbocycles.